The normalized spacial score (nSPS) is 23.2. The van der Waals surface area contributed by atoms with Gasteiger partial charge in [-0.1, -0.05) is 12.1 Å². The molecule has 0 N–H and O–H groups in total. The van der Waals surface area contributed by atoms with Crippen molar-refractivity contribution >= 4 is 10.8 Å². The van der Waals surface area contributed by atoms with E-state index in [-0.39, 0.29) is 11.4 Å². The summed E-state index contributed by atoms with van der Waals surface area (Å²) in [6.07, 6.45) is 1.36. The predicted molar refractivity (Wildman–Crippen MR) is 78.1 cm³/mol. The molecule has 20 heavy (non-hydrogen) atoms. The molecule has 2 rings (SSSR count). The third-order valence-electron chi connectivity index (χ3n) is 3.40. The molecule has 0 spiro atoms. The van der Waals surface area contributed by atoms with E-state index in [1.54, 1.807) is 0 Å². The summed E-state index contributed by atoms with van der Waals surface area (Å²) in [6, 6.07) is 9.55. The highest BCUT2D eigenvalue weighted by Gasteiger charge is 2.29. The quantitative estimate of drug-likeness (QED) is 0.805. The summed E-state index contributed by atoms with van der Waals surface area (Å²) in [4.78, 5) is 0. The second-order valence-electron chi connectivity index (χ2n) is 4.82. The van der Waals surface area contributed by atoms with Gasteiger partial charge in [0.25, 0.3) is 0 Å². The van der Waals surface area contributed by atoms with Crippen molar-refractivity contribution in [3.63, 3.8) is 0 Å². The van der Waals surface area contributed by atoms with Crippen molar-refractivity contribution < 1.29 is 13.7 Å². The molecule has 0 radical (unpaired) electrons. The fourth-order valence-electron chi connectivity index (χ4n) is 2.25. The van der Waals surface area contributed by atoms with E-state index in [9.17, 15) is 4.21 Å². The molecular formula is C15H19NO3S. The van der Waals surface area contributed by atoms with Crippen LogP contribution >= 0.6 is 0 Å². The van der Waals surface area contributed by atoms with Crippen LogP contribution in [0.15, 0.2) is 24.3 Å². The first-order valence-electron chi connectivity index (χ1n) is 6.78. The SMILES string of the molecule is CC1OCCC1S(=O)CCOc1ccc(CC#N)cc1. The second kappa shape index (κ2) is 7.41. The Morgan fingerprint density at radius 3 is 2.80 bits per heavy atom. The van der Waals surface area contributed by atoms with Crippen molar-refractivity contribution in [2.24, 2.45) is 0 Å². The Labute approximate surface area is 122 Å². The molecule has 1 heterocycles. The number of hydrogen-bond donors (Lipinski definition) is 0. The Balaban J connectivity index is 1.75. The van der Waals surface area contributed by atoms with Crippen molar-refractivity contribution in [3.8, 4) is 11.8 Å². The monoisotopic (exact) mass is 293 g/mol. The third-order valence-corrected chi connectivity index (χ3v) is 5.27. The number of nitriles is 1. The Bertz CT molecular complexity index is 495. The van der Waals surface area contributed by atoms with Gasteiger partial charge in [0, 0.05) is 17.4 Å². The van der Waals surface area contributed by atoms with Gasteiger partial charge in [-0.15, -0.1) is 0 Å². The first-order chi connectivity index (χ1) is 9.70. The first kappa shape index (κ1) is 15.0. The van der Waals surface area contributed by atoms with Crippen molar-refractivity contribution in [2.75, 3.05) is 19.0 Å². The number of hydrogen-bond acceptors (Lipinski definition) is 4. The lowest BCUT2D eigenvalue weighted by Crippen LogP contribution is -2.26. The van der Waals surface area contributed by atoms with Crippen LogP contribution in [0.4, 0.5) is 0 Å². The summed E-state index contributed by atoms with van der Waals surface area (Å²) < 4.78 is 23.1. The summed E-state index contributed by atoms with van der Waals surface area (Å²) in [5, 5.41) is 8.73. The lowest BCUT2D eigenvalue weighted by atomic mass is 10.2. The second-order valence-corrected chi connectivity index (χ2v) is 6.59. The van der Waals surface area contributed by atoms with Gasteiger partial charge in [-0.05, 0) is 31.0 Å². The van der Waals surface area contributed by atoms with Crippen molar-refractivity contribution in [1.82, 2.24) is 0 Å². The summed E-state index contributed by atoms with van der Waals surface area (Å²) in [7, 11) is -0.900. The van der Waals surface area contributed by atoms with E-state index in [1.165, 1.54) is 0 Å². The largest absolute Gasteiger partial charge is 0.493 e. The number of benzene rings is 1. The minimum absolute atomic E-state index is 0.0844. The van der Waals surface area contributed by atoms with Crippen LogP contribution < -0.4 is 4.74 Å². The molecule has 3 unspecified atom stereocenters. The highest BCUT2D eigenvalue weighted by molar-refractivity contribution is 7.85. The Kier molecular flexibility index (Phi) is 5.57. The summed E-state index contributed by atoms with van der Waals surface area (Å²) in [6.45, 7) is 3.12. The minimum Gasteiger partial charge on any atom is -0.493 e. The zero-order valence-electron chi connectivity index (χ0n) is 11.6. The van der Waals surface area contributed by atoms with Crippen molar-refractivity contribution in [2.45, 2.75) is 31.1 Å². The smallest absolute Gasteiger partial charge is 0.119 e. The highest BCUT2D eigenvalue weighted by atomic mass is 32.2. The maximum Gasteiger partial charge on any atom is 0.119 e. The van der Waals surface area contributed by atoms with Crippen LogP contribution in [0.3, 0.4) is 0 Å². The topological polar surface area (TPSA) is 59.3 Å². The Morgan fingerprint density at radius 1 is 1.45 bits per heavy atom. The Morgan fingerprint density at radius 2 is 2.20 bits per heavy atom. The molecule has 0 saturated carbocycles. The molecule has 1 aromatic carbocycles. The summed E-state index contributed by atoms with van der Waals surface area (Å²) in [5.74, 6) is 1.28. The molecule has 1 aliphatic rings. The molecule has 0 aromatic heterocycles. The first-order valence-corrected chi connectivity index (χ1v) is 8.16. The van der Waals surface area contributed by atoms with Gasteiger partial charge in [0.1, 0.15) is 5.75 Å². The molecule has 0 amide bonds. The fourth-order valence-corrected chi connectivity index (χ4v) is 3.66. The van der Waals surface area contributed by atoms with Crippen LogP contribution in [0.5, 0.6) is 5.75 Å². The fraction of sp³-hybridized carbons (Fsp3) is 0.533. The third kappa shape index (κ3) is 4.06. The van der Waals surface area contributed by atoms with Crippen LogP contribution in [0.2, 0.25) is 0 Å². The van der Waals surface area contributed by atoms with Gasteiger partial charge in [-0.25, -0.2) is 0 Å². The molecule has 0 aliphatic carbocycles. The molecule has 4 nitrogen and oxygen atoms in total. The van der Waals surface area contributed by atoms with Crippen LogP contribution in [-0.4, -0.2) is 34.5 Å². The van der Waals surface area contributed by atoms with Crippen LogP contribution in [0.25, 0.3) is 0 Å². The van der Waals surface area contributed by atoms with Gasteiger partial charge >= 0.3 is 0 Å². The standard InChI is InChI=1S/C15H19NO3S/c1-12-15(7-9-18-12)20(17)11-10-19-14-4-2-13(3-5-14)6-8-16/h2-5,12,15H,6-7,9-11H2,1H3. The van der Waals surface area contributed by atoms with Gasteiger partial charge in [-0.3, -0.25) is 4.21 Å². The molecule has 1 aromatic rings. The lowest BCUT2D eigenvalue weighted by Gasteiger charge is -2.14. The van der Waals surface area contributed by atoms with E-state index < -0.39 is 10.8 Å². The number of rotatable bonds is 6. The van der Waals surface area contributed by atoms with E-state index in [0.717, 1.165) is 17.7 Å². The average Bonchev–Trinajstić information content (AvgIpc) is 2.87. The van der Waals surface area contributed by atoms with E-state index in [4.69, 9.17) is 14.7 Å². The number of ether oxygens (including phenoxy) is 2. The average molecular weight is 293 g/mol. The predicted octanol–water partition coefficient (Wildman–Crippen LogP) is 2.06. The Hall–Kier alpha value is -1.38. The van der Waals surface area contributed by atoms with E-state index in [2.05, 4.69) is 6.07 Å². The van der Waals surface area contributed by atoms with E-state index in [1.807, 2.05) is 31.2 Å². The molecule has 108 valence electrons. The molecule has 1 saturated heterocycles. The van der Waals surface area contributed by atoms with Gasteiger partial charge < -0.3 is 9.47 Å². The zero-order valence-corrected chi connectivity index (χ0v) is 12.4. The highest BCUT2D eigenvalue weighted by Crippen LogP contribution is 2.19. The molecule has 1 fully saturated rings. The molecule has 3 atom stereocenters. The lowest BCUT2D eigenvalue weighted by molar-refractivity contribution is 0.127. The van der Waals surface area contributed by atoms with Crippen LogP contribution in [-0.2, 0) is 22.0 Å². The molecular weight excluding hydrogens is 274 g/mol. The van der Waals surface area contributed by atoms with Gasteiger partial charge in [0.15, 0.2) is 0 Å². The summed E-state index contributed by atoms with van der Waals surface area (Å²) in [5.41, 5.74) is 0.973. The van der Waals surface area contributed by atoms with Gasteiger partial charge in [0.05, 0.1) is 36.2 Å². The minimum atomic E-state index is -0.900. The van der Waals surface area contributed by atoms with Crippen LogP contribution in [0.1, 0.15) is 18.9 Å². The molecule has 5 heteroatoms. The number of nitrogens with zero attached hydrogens (tertiary/aromatic N) is 1. The van der Waals surface area contributed by atoms with Crippen molar-refractivity contribution in [1.29, 1.82) is 5.26 Å². The maximum atomic E-state index is 12.1. The van der Waals surface area contributed by atoms with E-state index >= 15 is 0 Å². The molecule has 1 aliphatic heterocycles. The summed E-state index contributed by atoms with van der Waals surface area (Å²) >= 11 is 0. The van der Waals surface area contributed by atoms with Gasteiger partial charge in [-0.2, -0.15) is 5.26 Å². The maximum absolute atomic E-state index is 12.1. The van der Waals surface area contributed by atoms with Crippen LogP contribution in [0, 0.1) is 11.3 Å². The molecule has 0 bridgehead atoms. The van der Waals surface area contributed by atoms with Gasteiger partial charge in [0.2, 0.25) is 0 Å². The van der Waals surface area contributed by atoms with Crippen molar-refractivity contribution in [3.05, 3.63) is 29.8 Å². The zero-order chi connectivity index (χ0) is 14.4. The van der Waals surface area contributed by atoms with E-state index in [0.29, 0.717) is 25.4 Å².